The quantitative estimate of drug-likeness (QED) is 0.676. The molecule has 0 bridgehead atoms. The average Bonchev–Trinajstić information content (AvgIpc) is 3.09. The summed E-state index contributed by atoms with van der Waals surface area (Å²) < 4.78 is 0. The van der Waals surface area contributed by atoms with Crippen molar-refractivity contribution in [3.05, 3.63) is 43.0 Å². The van der Waals surface area contributed by atoms with Gasteiger partial charge in [-0.1, -0.05) is 6.92 Å². The van der Waals surface area contributed by atoms with E-state index >= 15 is 0 Å². The van der Waals surface area contributed by atoms with Crippen LogP contribution >= 0.6 is 0 Å². The summed E-state index contributed by atoms with van der Waals surface area (Å²) in [5.41, 5.74) is 3.20. The second-order valence-electron chi connectivity index (χ2n) is 6.76. The van der Waals surface area contributed by atoms with E-state index in [1.165, 1.54) is 0 Å². The Morgan fingerprint density at radius 2 is 2.08 bits per heavy atom. The molecule has 0 aliphatic carbocycles. The van der Waals surface area contributed by atoms with E-state index in [1.807, 2.05) is 31.3 Å². The van der Waals surface area contributed by atoms with E-state index in [9.17, 15) is 9.59 Å². The molecule has 1 saturated heterocycles. The number of carbonyl (C=O) groups is 2. The summed E-state index contributed by atoms with van der Waals surface area (Å²) >= 11 is 0. The van der Waals surface area contributed by atoms with E-state index in [-0.39, 0.29) is 17.7 Å². The minimum Gasteiger partial charge on any atom is -0.346 e. The molecule has 1 fully saturated rings. The average molecular weight is 349 g/mol. The third-order valence-electron chi connectivity index (χ3n) is 4.56. The van der Waals surface area contributed by atoms with Gasteiger partial charge < -0.3 is 15.6 Å². The van der Waals surface area contributed by atoms with Crippen LogP contribution in [0.3, 0.4) is 0 Å². The molecule has 4 rings (SSSR count). The highest BCUT2D eigenvalue weighted by atomic mass is 16.2. The molecule has 4 heterocycles. The molecule has 2 atom stereocenters. The Hall–Kier alpha value is -3.22. The number of nitrogens with one attached hydrogen (secondary N) is 3. The second-order valence-corrected chi connectivity index (χ2v) is 6.76. The number of pyridine rings is 2. The van der Waals surface area contributed by atoms with Crippen LogP contribution in [0, 0.1) is 5.92 Å². The predicted octanol–water partition coefficient (Wildman–Crippen LogP) is 2.48. The first kappa shape index (κ1) is 16.3. The fourth-order valence-corrected chi connectivity index (χ4v) is 3.28. The number of rotatable bonds is 3. The van der Waals surface area contributed by atoms with Gasteiger partial charge in [-0.3, -0.25) is 14.6 Å². The van der Waals surface area contributed by atoms with Crippen molar-refractivity contribution in [2.24, 2.45) is 5.92 Å². The normalized spacial score (nSPS) is 20.0. The molecule has 3 aromatic rings. The number of H-pyrrole nitrogens is 1. The van der Waals surface area contributed by atoms with Crippen LogP contribution in [-0.4, -0.2) is 32.8 Å². The van der Waals surface area contributed by atoms with Crippen LogP contribution in [-0.2, 0) is 9.59 Å². The topological polar surface area (TPSA) is 99.8 Å². The van der Waals surface area contributed by atoms with Crippen molar-refractivity contribution >= 4 is 28.5 Å². The zero-order valence-electron chi connectivity index (χ0n) is 14.3. The van der Waals surface area contributed by atoms with Gasteiger partial charge in [0.05, 0.1) is 11.9 Å². The molecule has 0 aromatic carbocycles. The van der Waals surface area contributed by atoms with Crippen LogP contribution in [0.1, 0.15) is 19.8 Å². The maximum Gasteiger partial charge on any atom is 0.247 e. The zero-order valence-corrected chi connectivity index (χ0v) is 14.3. The smallest absolute Gasteiger partial charge is 0.247 e. The predicted molar refractivity (Wildman–Crippen MR) is 98.3 cm³/mol. The molecule has 1 aliphatic heterocycles. The number of hydrogen-bond acceptors (Lipinski definition) is 4. The minimum atomic E-state index is -0.507. The lowest BCUT2D eigenvalue weighted by Gasteiger charge is -2.26. The molecular weight excluding hydrogens is 330 g/mol. The van der Waals surface area contributed by atoms with Crippen LogP contribution in [0.15, 0.2) is 43.0 Å². The molecule has 7 heteroatoms. The molecule has 7 nitrogen and oxygen atoms in total. The Bertz CT molecular complexity index is 981. The minimum absolute atomic E-state index is 0.0818. The maximum absolute atomic E-state index is 12.5. The van der Waals surface area contributed by atoms with Crippen LogP contribution in [0.4, 0.5) is 5.69 Å². The van der Waals surface area contributed by atoms with E-state index in [4.69, 9.17) is 0 Å². The van der Waals surface area contributed by atoms with Crippen molar-refractivity contribution in [3.8, 4) is 11.1 Å². The van der Waals surface area contributed by atoms with E-state index in [0.717, 1.165) is 22.2 Å². The highest BCUT2D eigenvalue weighted by Gasteiger charge is 2.28. The van der Waals surface area contributed by atoms with Gasteiger partial charge in [0.2, 0.25) is 11.8 Å². The summed E-state index contributed by atoms with van der Waals surface area (Å²) in [5.74, 6) is -0.104. The Kier molecular flexibility index (Phi) is 4.12. The van der Waals surface area contributed by atoms with Gasteiger partial charge in [0.15, 0.2) is 0 Å². The van der Waals surface area contributed by atoms with E-state index in [2.05, 4.69) is 25.6 Å². The number of piperidine rings is 1. The van der Waals surface area contributed by atoms with E-state index in [0.29, 0.717) is 18.5 Å². The third-order valence-corrected chi connectivity index (χ3v) is 4.56. The molecule has 3 aromatic heterocycles. The molecule has 3 N–H and O–H groups in total. The summed E-state index contributed by atoms with van der Waals surface area (Å²) in [6.45, 7) is 1.98. The SMILES string of the molecule is C[C@@H]1CC(=O)N[C@H](C(=O)Nc2cncc(-c3cnc4[nH]ccc4c3)c2)C1. The summed E-state index contributed by atoms with van der Waals surface area (Å²) in [5, 5.41) is 6.61. The van der Waals surface area contributed by atoms with E-state index in [1.54, 1.807) is 18.6 Å². The van der Waals surface area contributed by atoms with Crippen LogP contribution < -0.4 is 10.6 Å². The standard InChI is InChI=1S/C19H19N5O2/c1-11-4-16(24-17(25)5-11)19(26)23-15-7-14(8-20-10-15)13-6-12-2-3-21-18(12)22-9-13/h2-3,6-11,16H,4-5H2,1H3,(H,21,22)(H,23,26)(H,24,25)/t11-,16-/m0/s1. The van der Waals surface area contributed by atoms with Gasteiger partial charge in [0, 0.05) is 41.5 Å². The number of amides is 2. The Morgan fingerprint density at radius 1 is 1.23 bits per heavy atom. The van der Waals surface area contributed by atoms with Crippen molar-refractivity contribution in [2.75, 3.05) is 5.32 Å². The summed E-state index contributed by atoms with van der Waals surface area (Å²) in [6.07, 6.45) is 8.04. The Morgan fingerprint density at radius 3 is 2.92 bits per heavy atom. The van der Waals surface area contributed by atoms with Crippen LogP contribution in [0.2, 0.25) is 0 Å². The van der Waals surface area contributed by atoms with Crippen molar-refractivity contribution in [1.29, 1.82) is 0 Å². The molecular formula is C19H19N5O2. The number of nitrogens with zero attached hydrogens (tertiary/aromatic N) is 2. The number of carbonyl (C=O) groups excluding carboxylic acids is 2. The third kappa shape index (κ3) is 3.28. The van der Waals surface area contributed by atoms with Gasteiger partial charge >= 0.3 is 0 Å². The van der Waals surface area contributed by atoms with Gasteiger partial charge in [-0.15, -0.1) is 0 Å². The van der Waals surface area contributed by atoms with Crippen LogP contribution in [0.25, 0.3) is 22.2 Å². The molecule has 0 radical (unpaired) electrons. The summed E-state index contributed by atoms with van der Waals surface area (Å²) in [6, 6.07) is 5.32. The Balaban J connectivity index is 1.53. The monoisotopic (exact) mass is 349 g/mol. The van der Waals surface area contributed by atoms with Gasteiger partial charge in [0.25, 0.3) is 0 Å². The largest absolute Gasteiger partial charge is 0.346 e. The number of hydrogen-bond donors (Lipinski definition) is 3. The first-order chi connectivity index (χ1) is 12.6. The highest BCUT2D eigenvalue weighted by Crippen LogP contribution is 2.24. The summed E-state index contributed by atoms with van der Waals surface area (Å²) in [4.78, 5) is 35.8. The van der Waals surface area contributed by atoms with Gasteiger partial charge in [-0.05, 0) is 30.5 Å². The lowest BCUT2D eigenvalue weighted by atomic mass is 9.93. The van der Waals surface area contributed by atoms with E-state index < -0.39 is 6.04 Å². The number of aromatic amines is 1. The zero-order chi connectivity index (χ0) is 18.1. The molecule has 132 valence electrons. The first-order valence-electron chi connectivity index (χ1n) is 8.57. The number of aromatic nitrogens is 3. The van der Waals surface area contributed by atoms with Crippen molar-refractivity contribution in [3.63, 3.8) is 0 Å². The highest BCUT2D eigenvalue weighted by molar-refractivity contribution is 5.98. The Labute approximate surface area is 150 Å². The second kappa shape index (κ2) is 6.59. The van der Waals surface area contributed by atoms with Gasteiger partial charge in [-0.25, -0.2) is 4.98 Å². The van der Waals surface area contributed by atoms with Crippen molar-refractivity contribution < 1.29 is 9.59 Å². The molecule has 0 saturated carbocycles. The molecule has 0 unspecified atom stereocenters. The van der Waals surface area contributed by atoms with Gasteiger partial charge in [-0.2, -0.15) is 0 Å². The van der Waals surface area contributed by atoms with Gasteiger partial charge in [0.1, 0.15) is 11.7 Å². The number of fused-ring (bicyclic) bond motifs is 1. The molecule has 2 amide bonds. The van der Waals surface area contributed by atoms with Crippen molar-refractivity contribution in [1.82, 2.24) is 20.3 Å². The molecule has 1 aliphatic rings. The molecule has 0 spiro atoms. The van der Waals surface area contributed by atoms with Crippen LogP contribution in [0.5, 0.6) is 0 Å². The first-order valence-corrected chi connectivity index (χ1v) is 8.57. The lowest BCUT2D eigenvalue weighted by Crippen LogP contribution is -2.48. The number of anilines is 1. The fourth-order valence-electron chi connectivity index (χ4n) is 3.28. The molecule has 26 heavy (non-hydrogen) atoms. The summed E-state index contributed by atoms with van der Waals surface area (Å²) in [7, 11) is 0. The maximum atomic E-state index is 12.5. The van der Waals surface area contributed by atoms with Crippen molar-refractivity contribution in [2.45, 2.75) is 25.8 Å². The fraction of sp³-hybridized carbons (Fsp3) is 0.263. The lowest BCUT2D eigenvalue weighted by molar-refractivity contribution is -0.129.